The van der Waals surface area contributed by atoms with E-state index in [4.69, 9.17) is 13.9 Å². The van der Waals surface area contributed by atoms with Gasteiger partial charge in [0.15, 0.2) is 0 Å². The lowest BCUT2D eigenvalue weighted by Gasteiger charge is -2.08. The molecule has 0 spiro atoms. The van der Waals surface area contributed by atoms with Crippen LogP contribution in [0.3, 0.4) is 0 Å². The monoisotopic (exact) mass is 413 g/mol. The molecule has 0 aliphatic rings. The number of furan rings is 1. The van der Waals surface area contributed by atoms with Gasteiger partial charge in [0.05, 0.1) is 13.7 Å². The first-order valence-electron chi connectivity index (χ1n) is 9.49. The highest BCUT2D eigenvalue weighted by Crippen LogP contribution is 2.21. The molecule has 0 radical (unpaired) electrons. The van der Waals surface area contributed by atoms with Crippen LogP contribution >= 0.6 is 0 Å². The Kier molecular flexibility index (Phi) is 6.51. The summed E-state index contributed by atoms with van der Waals surface area (Å²) in [6.45, 7) is 3.58. The molecular weight excluding hydrogens is 390 g/mol. The molecule has 9 heteroatoms. The zero-order valence-corrected chi connectivity index (χ0v) is 17.1. The van der Waals surface area contributed by atoms with Gasteiger partial charge in [0.25, 0.3) is 5.56 Å². The molecule has 0 aliphatic carbocycles. The smallest absolute Gasteiger partial charge is 0.342 e. The minimum atomic E-state index is -0.658. The molecule has 1 amide bonds. The fourth-order valence-corrected chi connectivity index (χ4v) is 3.05. The van der Waals surface area contributed by atoms with Crippen molar-refractivity contribution in [1.82, 2.24) is 14.9 Å². The Morgan fingerprint density at radius 1 is 1.23 bits per heavy atom. The molecule has 0 aliphatic heterocycles. The van der Waals surface area contributed by atoms with Crippen molar-refractivity contribution in [1.29, 1.82) is 0 Å². The van der Waals surface area contributed by atoms with Crippen LogP contribution in [0.25, 0.3) is 11.1 Å². The van der Waals surface area contributed by atoms with Crippen molar-refractivity contribution in [2.24, 2.45) is 0 Å². The number of rotatable bonds is 8. The zero-order valence-electron chi connectivity index (χ0n) is 17.1. The third kappa shape index (κ3) is 4.51. The highest BCUT2D eigenvalue weighted by molar-refractivity contribution is 6.03. The summed E-state index contributed by atoms with van der Waals surface area (Å²) in [5, 5.41) is 2.79. The van der Waals surface area contributed by atoms with Crippen LogP contribution in [0.2, 0.25) is 0 Å². The maximum Gasteiger partial charge on any atom is 0.342 e. The fraction of sp³-hybridized carbons (Fsp3) is 0.333. The Labute approximate surface area is 172 Å². The summed E-state index contributed by atoms with van der Waals surface area (Å²) in [6.07, 6.45) is 1.86. The molecule has 2 aromatic heterocycles. The molecule has 0 saturated carbocycles. The molecule has 0 atom stereocenters. The summed E-state index contributed by atoms with van der Waals surface area (Å²) in [5.41, 5.74) is 0.588. The average Bonchev–Trinajstić information content (AvgIpc) is 3.07. The molecule has 0 bridgehead atoms. The van der Waals surface area contributed by atoms with E-state index in [9.17, 15) is 14.4 Å². The molecular formula is C21H23N3O6. The molecule has 158 valence electrons. The summed E-state index contributed by atoms with van der Waals surface area (Å²) in [5.74, 6) is 0.00970. The largest absolute Gasteiger partial charge is 0.497 e. The summed E-state index contributed by atoms with van der Waals surface area (Å²) in [7, 11) is 1.60. The van der Waals surface area contributed by atoms with Crippen LogP contribution in [0, 0.1) is 6.92 Å². The van der Waals surface area contributed by atoms with Crippen LogP contribution in [0.4, 0.5) is 0 Å². The van der Waals surface area contributed by atoms with Crippen molar-refractivity contribution in [2.45, 2.75) is 26.8 Å². The number of amides is 1. The standard InChI is InChI=1S/C21H23N3O6/c1-4-29-21(27)17-13(2)30-19-18(17)20(26)24(12-23-19)11-16(25)22-10-9-14-5-7-15(28-3)8-6-14/h5-8,12H,4,9-11H2,1-3H3,(H,22,25). The maximum atomic E-state index is 12.8. The second-order valence-electron chi connectivity index (χ2n) is 6.56. The van der Waals surface area contributed by atoms with Gasteiger partial charge in [0.1, 0.15) is 35.3 Å². The van der Waals surface area contributed by atoms with Gasteiger partial charge >= 0.3 is 5.97 Å². The van der Waals surface area contributed by atoms with Gasteiger partial charge in [-0.15, -0.1) is 0 Å². The van der Waals surface area contributed by atoms with Crippen molar-refractivity contribution >= 4 is 23.0 Å². The Morgan fingerprint density at radius 2 is 1.97 bits per heavy atom. The minimum Gasteiger partial charge on any atom is -0.497 e. The van der Waals surface area contributed by atoms with E-state index in [1.165, 1.54) is 6.33 Å². The average molecular weight is 413 g/mol. The maximum absolute atomic E-state index is 12.8. The van der Waals surface area contributed by atoms with Gasteiger partial charge in [-0.1, -0.05) is 12.1 Å². The molecule has 9 nitrogen and oxygen atoms in total. The molecule has 3 aromatic rings. The van der Waals surface area contributed by atoms with Crippen LogP contribution in [0.15, 0.2) is 39.8 Å². The number of benzene rings is 1. The highest BCUT2D eigenvalue weighted by atomic mass is 16.5. The molecule has 1 N–H and O–H groups in total. The number of esters is 1. The third-order valence-corrected chi connectivity index (χ3v) is 4.54. The molecule has 1 aromatic carbocycles. The lowest BCUT2D eigenvalue weighted by atomic mass is 10.1. The van der Waals surface area contributed by atoms with E-state index in [-0.39, 0.29) is 41.5 Å². The van der Waals surface area contributed by atoms with Crippen molar-refractivity contribution < 1.29 is 23.5 Å². The number of fused-ring (bicyclic) bond motifs is 1. The predicted molar refractivity (Wildman–Crippen MR) is 109 cm³/mol. The van der Waals surface area contributed by atoms with Gasteiger partial charge in [0, 0.05) is 6.54 Å². The number of nitrogens with zero attached hydrogens (tertiary/aromatic N) is 2. The summed E-state index contributed by atoms with van der Waals surface area (Å²) < 4.78 is 16.7. The van der Waals surface area contributed by atoms with E-state index < -0.39 is 11.5 Å². The number of carbonyl (C=O) groups is 2. The number of carbonyl (C=O) groups excluding carboxylic acids is 2. The quantitative estimate of drug-likeness (QED) is 0.561. The van der Waals surface area contributed by atoms with Crippen molar-refractivity contribution in [3.05, 3.63) is 57.8 Å². The van der Waals surface area contributed by atoms with Crippen molar-refractivity contribution in [3.63, 3.8) is 0 Å². The van der Waals surface area contributed by atoms with Gasteiger partial charge in [-0.3, -0.25) is 14.2 Å². The summed E-state index contributed by atoms with van der Waals surface area (Å²) >= 11 is 0. The fourth-order valence-electron chi connectivity index (χ4n) is 3.05. The predicted octanol–water partition coefficient (Wildman–Crippen LogP) is 1.84. The number of hydrogen-bond acceptors (Lipinski definition) is 7. The Morgan fingerprint density at radius 3 is 2.63 bits per heavy atom. The molecule has 0 unspecified atom stereocenters. The van der Waals surface area contributed by atoms with E-state index in [0.717, 1.165) is 15.9 Å². The molecule has 30 heavy (non-hydrogen) atoms. The number of hydrogen-bond donors (Lipinski definition) is 1. The number of ether oxygens (including phenoxy) is 2. The topological polar surface area (TPSA) is 113 Å². The molecule has 3 rings (SSSR count). The normalized spacial score (nSPS) is 10.8. The van der Waals surface area contributed by atoms with Gasteiger partial charge in [0.2, 0.25) is 11.6 Å². The Bertz CT molecular complexity index is 1110. The van der Waals surface area contributed by atoms with Gasteiger partial charge in [-0.25, -0.2) is 9.78 Å². The van der Waals surface area contributed by atoms with Crippen LogP contribution < -0.4 is 15.6 Å². The third-order valence-electron chi connectivity index (χ3n) is 4.54. The van der Waals surface area contributed by atoms with Crippen molar-refractivity contribution in [3.8, 4) is 5.75 Å². The van der Waals surface area contributed by atoms with Gasteiger partial charge in [-0.2, -0.15) is 0 Å². The lowest BCUT2D eigenvalue weighted by Crippen LogP contribution is -2.33. The Balaban J connectivity index is 1.69. The van der Waals surface area contributed by atoms with E-state index in [2.05, 4.69) is 10.3 Å². The van der Waals surface area contributed by atoms with E-state index >= 15 is 0 Å². The van der Waals surface area contributed by atoms with Crippen LogP contribution in [-0.4, -0.2) is 41.7 Å². The number of aryl methyl sites for hydroxylation is 1. The highest BCUT2D eigenvalue weighted by Gasteiger charge is 2.24. The SMILES string of the molecule is CCOC(=O)c1c(C)oc2ncn(CC(=O)NCCc3ccc(OC)cc3)c(=O)c12. The molecule has 0 fully saturated rings. The van der Waals surface area contributed by atoms with Gasteiger partial charge in [-0.05, 0) is 38.0 Å². The van der Waals surface area contributed by atoms with Crippen molar-refractivity contribution in [2.75, 3.05) is 20.3 Å². The zero-order chi connectivity index (χ0) is 21.7. The summed E-state index contributed by atoms with van der Waals surface area (Å²) in [4.78, 5) is 41.4. The van der Waals surface area contributed by atoms with Crippen LogP contribution in [0.5, 0.6) is 5.75 Å². The first-order valence-corrected chi connectivity index (χ1v) is 9.49. The number of nitrogens with one attached hydrogen (secondary N) is 1. The Hall–Kier alpha value is -3.62. The number of aromatic nitrogens is 2. The first-order chi connectivity index (χ1) is 14.4. The first kappa shape index (κ1) is 21.1. The number of methoxy groups -OCH3 is 1. The van der Waals surface area contributed by atoms with Crippen LogP contribution in [-0.2, 0) is 22.5 Å². The second kappa shape index (κ2) is 9.25. The summed E-state index contributed by atoms with van der Waals surface area (Å²) in [6, 6.07) is 7.55. The lowest BCUT2D eigenvalue weighted by molar-refractivity contribution is -0.121. The second-order valence-corrected chi connectivity index (χ2v) is 6.56. The van der Waals surface area contributed by atoms with Gasteiger partial charge < -0.3 is 19.2 Å². The minimum absolute atomic E-state index is 0.0134. The van der Waals surface area contributed by atoms with Crippen LogP contribution in [0.1, 0.15) is 28.6 Å². The van der Waals surface area contributed by atoms with E-state index in [1.54, 1.807) is 21.0 Å². The van der Waals surface area contributed by atoms with E-state index in [1.807, 2.05) is 24.3 Å². The van der Waals surface area contributed by atoms with E-state index in [0.29, 0.717) is 13.0 Å². The molecule has 0 saturated heterocycles. The molecule has 2 heterocycles.